The van der Waals surface area contributed by atoms with Crippen LogP contribution in [0, 0.1) is 10.1 Å². The first-order chi connectivity index (χ1) is 10.1. The van der Waals surface area contributed by atoms with Crippen molar-refractivity contribution in [2.75, 3.05) is 0 Å². The molecule has 3 rings (SSSR count). The summed E-state index contributed by atoms with van der Waals surface area (Å²) in [5.74, 6) is 0.244. The Morgan fingerprint density at radius 3 is 2.67 bits per heavy atom. The topological polar surface area (TPSA) is 99.4 Å². The maximum absolute atomic E-state index is 11.6. The highest BCUT2D eigenvalue weighted by Crippen LogP contribution is 2.28. The molecular formula is C14H8N2O5. The zero-order valence-corrected chi connectivity index (χ0v) is 10.6. The minimum absolute atomic E-state index is 0.0272. The number of aromatic nitrogens is 1. The van der Waals surface area contributed by atoms with Crippen molar-refractivity contribution in [3.63, 3.8) is 0 Å². The number of hydrogen-bond acceptors (Lipinski definition) is 6. The van der Waals surface area contributed by atoms with Crippen LogP contribution in [0.3, 0.4) is 0 Å². The second kappa shape index (κ2) is 5.04. The van der Waals surface area contributed by atoms with Crippen molar-refractivity contribution < 1.29 is 13.8 Å². The van der Waals surface area contributed by atoms with Crippen LogP contribution in [0.5, 0.6) is 0 Å². The molecule has 0 amide bonds. The van der Waals surface area contributed by atoms with Crippen LogP contribution in [0.2, 0.25) is 0 Å². The van der Waals surface area contributed by atoms with Crippen LogP contribution in [0.4, 0.5) is 5.69 Å². The van der Waals surface area contributed by atoms with Gasteiger partial charge in [0, 0.05) is 6.07 Å². The van der Waals surface area contributed by atoms with E-state index in [4.69, 9.17) is 8.83 Å². The predicted octanol–water partition coefficient (Wildman–Crippen LogP) is 2.87. The van der Waals surface area contributed by atoms with Gasteiger partial charge in [-0.2, -0.15) is 0 Å². The van der Waals surface area contributed by atoms with E-state index in [0.29, 0.717) is 0 Å². The molecular weight excluding hydrogens is 276 g/mol. The Morgan fingerprint density at radius 2 is 1.95 bits per heavy atom. The van der Waals surface area contributed by atoms with Gasteiger partial charge in [-0.25, -0.2) is 9.78 Å². The molecule has 2 heterocycles. The smallest absolute Gasteiger partial charge is 0.339 e. The highest BCUT2D eigenvalue weighted by atomic mass is 16.6. The fourth-order valence-electron chi connectivity index (χ4n) is 1.89. The molecule has 2 aromatic heterocycles. The average molecular weight is 284 g/mol. The first-order valence-electron chi connectivity index (χ1n) is 5.95. The van der Waals surface area contributed by atoms with Gasteiger partial charge in [-0.05, 0) is 18.2 Å². The zero-order chi connectivity index (χ0) is 14.8. The summed E-state index contributed by atoms with van der Waals surface area (Å²) < 4.78 is 10.1. The van der Waals surface area contributed by atoms with Gasteiger partial charge in [-0.1, -0.05) is 12.1 Å². The summed E-state index contributed by atoms with van der Waals surface area (Å²) in [6, 6.07) is 10.3. The molecule has 1 aromatic carbocycles. The third-order valence-corrected chi connectivity index (χ3v) is 2.78. The molecule has 0 N–H and O–H groups in total. The Kier molecular flexibility index (Phi) is 3.07. The van der Waals surface area contributed by atoms with Crippen LogP contribution >= 0.6 is 0 Å². The number of hydrogen-bond donors (Lipinski definition) is 0. The minimum atomic E-state index is -0.662. The lowest BCUT2D eigenvalue weighted by atomic mass is 10.1. The summed E-state index contributed by atoms with van der Waals surface area (Å²) in [5, 5.41) is 11.1. The lowest BCUT2D eigenvalue weighted by Gasteiger charge is -2.02. The number of nitro benzene ring substituents is 1. The first kappa shape index (κ1) is 12.8. The van der Waals surface area contributed by atoms with Crippen molar-refractivity contribution in [3.05, 3.63) is 69.3 Å². The van der Waals surface area contributed by atoms with Gasteiger partial charge in [0.05, 0.1) is 28.5 Å². The standard InChI is InChI=1S/C14H8N2O5/c17-13-8-10(9-4-1-2-5-11(9)16(18)19)15-14(21-13)12-6-3-7-20-12/h1-8H. The highest BCUT2D eigenvalue weighted by Gasteiger charge is 2.18. The molecule has 0 aliphatic heterocycles. The third kappa shape index (κ3) is 2.44. The van der Waals surface area contributed by atoms with Crippen molar-refractivity contribution in [2.45, 2.75) is 0 Å². The predicted molar refractivity (Wildman–Crippen MR) is 72.6 cm³/mol. The van der Waals surface area contributed by atoms with Crippen LogP contribution in [-0.4, -0.2) is 9.91 Å². The van der Waals surface area contributed by atoms with Crippen LogP contribution in [0.1, 0.15) is 0 Å². The van der Waals surface area contributed by atoms with Gasteiger partial charge in [-0.3, -0.25) is 10.1 Å². The molecule has 0 spiro atoms. The maximum atomic E-state index is 11.6. The fraction of sp³-hybridized carbons (Fsp3) is 0. The van der Waals surface area contributed by atoms with Gasteiger partial charge in [0.2, 0.25) is 0 Å². The van der Waals surface area contributed by atoms with Crippen molar-refractivity contribution in [3.8, 4) is 22.9 Å². The number of nitro groups is 1. The molecule has 0 saturated heterocycles. The van der Waals surface area contributed by atoms with Crippen LogP contribution < -0.4 is 5.63 Å². The van der Waals surface area contributed by atoms with Crippen molar-refractivity contribution in [2.24, 2.45) is 0 Å². The van der Waals surface area contributed by atoms with Crippen molar-refractivity contribution >= 4 is 5.69 Å². The van der Waals surface area contributed by atoms with E-state index in [1.165, 1.54) is 18.4 Å². The zero-order valence-electron chi connectivity index (χ0n) is 10.6. The van der Waals surface area contributed by atoms with E-state index in [1.807, 2.05) is 0 Å². The largest absolute Gasteiger partial charge is 0.459 e. The SMILES string of the molecule is O=c1cc(-c2ccccc2[N+](=O)[O-])nc(-c2ccco2)o1. The van der Waals surface area contributed by atoms with Gasteiger partial charge >= 0.3 is 5.63 Å². The fourth-order valence-corrected chi connectivity index (χ4v) is 1.89. The van der Waals surface area contributed by atoms with Crippen molar-refractivity contribution in [1.29, 1.82) is 0 Å². The number of nitrogens with zero attached hydrogens (tertiary/aromatic N) is 2. The Morgan fingerprint density at radius 1 is 1.14 bits per heavy atom. The molecule has 7 nitrogen and oxygen atoms in total. The van der Waals surface area contributed by atoms with E-state index in [9.17, 15) is 14.9 Å². The Hall–Kier alpha value is -3.22. The monoisotopic (exact) mass is 284 g/mol. The summed E-state index contributed by atoms with van der Waals surface area (Å²) in [4.78, 5) is 26.3. The van der Waals surface area contributed by atoms with Gasteiger partial charge < -0.3 is 8.83 Å². The molecule has 0 radical (unpaired) electrons. The lowest BCUT2D eigenvalue weighted by molar-refractivity contribution is -0.384. The van der Waals surface area contributed by atoms with E-state index in [2.05, 4.69) is 4.98 Å². The Bertz CT molecular complexity index is 852. The maximum Gasteiger partial charge on any atom is 0.339 e. The Labute approximate surface area is 117 Å². The van der Waals surface area contributed by atoms with E-state index >= 15 is 0 Å². The van der Waals surface area contributed by atoms with E-state index in [1.54, 1.807) is 24.3 Å². The molecule has 0 aliphatic carbocycles. The minimum Gasteiger partial charge on any atom is -0.459 e. The molecule has 0 fully saturated rings. The molecule has 104 valence electrons. The summed E-state index contributed by atoms with van der Waals surface area (Å²) in [6.45, 7) is 0. The molecule has 0 aliphatic rings. The number of benzene rings is 1. The number of rotatable bonds is 3. The van der Waals surface area contributed by atoms with E-state index in [-0.39, 0.29) is 28.6 Å². The highest BCUT2D eigenvalue weighted by molar-refractivity contribution is 5.71. The van der Waals surface area contributed by atoms with Crippen LogP contribution in [0.15, 0.2) is 62.4 Å². The average Bonchev–Trinajstić information content (AvgIpc) is 3.01. The van der Waals surface area contributed by atoms with E-state index < -0.39 is 10.5 Å². The summed E-state index contributed by atoms with van der Waals surface area (Å²) in [5.41, 5.74) is -0.404. The van der Waals surface area contributed by atoms with Gasteiger partial charge in [0.15, 0.2) is 5.76 Å². The van der Waals surface area contributed by atoms with E-state index in [0.717, 1.165) is 6.07 Å². The van der Waals surface area contributed by atoms with Gasteiger partial charge in [-0.15, -0.1) is 0 Å². The van der Waals surface area contributed by atoms with Crippen LogP contribution in [-0.2, 0) is 0 Å². The van der Waals surface area contributed by atoms with Crippen molar-refractivity contribution in [1.82, 2.24) is 4.98 Å². The molecule has 0 saturated carbocycles. The quantitative estimate of drug-likeness (QED) is 0.541. The number of para-hydroxylation sites is 1. The molecule has 0 bridgehead atoms. The van der Waals surface area contributed by atoms with Crippen LogP contribution in [0.25, 0.3) is 22.9 Å². The second-order valence-corrected chi connectivity index (χ2v) is 4.12. The second-order valence-electron chi connectivity index (χ2n) is 4.12. The number of furan rings is 1. The van der Waals surface area contributed by atoms with Gasteiger partial charge in [0.25, 0.3) is 11.6 Å². The summed E-state index contributed by atoms with van der Waals surface area (Å²) in [6.07, 6.45) is 1.41. The molecule has 7 heteroatoms. The first-order valence-corrected chi connectivity index (χ1v) is 5.95. The summed E-state index contributed by atoms with van der Waals surface area (Å²) in [7, 11) is 0. The van der Waals surface area contributed by atoms with Gasteiger partial charge in [0.1, 0.15) is 0 Å². The molecule has 3 aromatic rings. The molecule has 0 atom stereocenters. The molecule has 21 heavy (non-hydrogen) atoms. The third-order valence-electron chi connectivity index (χ3n) is 2.78. The lowest BCUT2D eigenvalue weighted by Crippen LogP contribution is -2.03. The molecule has 0 unspecified atom stereocenters. The summed E-state index contributed by atoms with van der Waals surface area (Å²) >= 11 is 0. The normalized spacial score (nSPS) is 10.5. The Balaban J connectivity index is 2.20.